The quantitative estimate of drug-likeness (QED) is 0.177. The van der Waals surface area contributed by atoms with Gasteiger partial charge in [0.15, 0.2) is 5.82 Å². The van der Waals surface area contributed by atoms with Gasteiger partial charge in [0.25, 0.3) is 0 Å². The van der Waals surface area contributed by atoms with Crippen LogP contribution in [0.3, 0.4) is 0 Å². The predicted octanol–water partition coefficient (Wildman–Crippen LogP) is 14.4. The van der Waals surface area contributed by atoms with E-state index in [1.807, 2.05) is 46.9 Å². The Bertz CT molecular complexity index is 3250. The van der Waals surface area contributed by atoms with Gasteiger partial charge in [-0.15, -0.1) is 22.7 Å². The van der Waals surface area contributed by atoms with Crippen LogP contribution in [-0.2, 0) is 0 Å². The summed E-state index contributed by atoms with van der Waals surface area (Å²) in [6, 6.07) is 60.3. The molecule has 0 bridgehead atoms. The summed E-state index contributed by atoms with van der Waals surface area (Å²) in [5, 5.41) is 6.26. The fourth-order valence-corrected chi connectivity index (χ4v) is 10.6. The standard InChI is InChI=1S/C50H31N3S2/c1-30-45(31-14-4-2-5-15-31)52-50(34-16-6-3-7-17-34)53-46(30)32-26-28-33(29-27-32)47-44-39-19-9-11-25-42(39)55-49(44)43-36(20-13-23-40(43)51-47)38-22-12-21-37-35-18-8-10-24-41(35)54-48(37)38/h2-29H,1H3. The molecule has 5 heteroatoms. The van der Waals surface area contributed by atoms with Gasteiger partial charge >= 0.3 is 0 Å². The minimum atomic E-state index is 0.717. The van der Waals surface area contributed by atoms with Gasteiger partial charge in [0.2, 0.25) is 0 Å². The first-order valence-electron chi connectivity index (χ1n) is 18.4. The lowest BCUT2D eigenvalue weighted by Gasteiger charge is -2.15. The molecule has 4 aromatic heterocycles. The average molecular weight is 738 g/mol. The maximum atomic E-state index is 5.52. The van der Waals surface area contributed by atoms with Gasteiger partial charge in [-0.2, -0.15) is 0 Å². The highest BCUT2D eigenvalue weighted by Gasteiger charge is 2.21. The van der Waals surface area contributed by atoms with Gasteiger partial charge < -0.3 is 0 Å². The third kappa shape index (κ3) is 5.19. The van der Waals surface area contributed by atoms with Crippen molar-refractivity contribution in [1.82, 2.24) is 15.0 Å². The number of rotatable bonds is 5. The number of pyridine rings is 1. The number of fused-ring (bicyclic) bond motifs is 8. The zero-order valence-electron chi connectivity index (χ0n) is 29.8. The molecule has 7 aromatic carbocycles. The second kappa shape index (κ2) is 12.8. The molecule has 0 atom stereocenters. The van der Waals surface area contributed by atoms with E-state index < -0.39 is 0 Å². The molecule has 0 saturated carbocycles. The number of hydrogen-bond donors (Lipinski definition) is 0. The van der Waals surface area contributed by atoms with E-state index in [2.05, 4.69) is 153 Å². The van der Waals surface area contributed by atoms with Gasteiger partial charge in [-0.1, -0.05) is 152 Å². The Balaban J connectivity index is 1.11. The summed E-state index contributed by atoms with van der Waals surface area (Å²) < 4.78 is 5.16. The molecule has 0 N–H and O–H groups in total. The lowest BCUT2D eigenvalue weighted by Crippen LogP contribution is -2.00. The molecule has 4 heterocycles. The smallest absolute Gasteiger partial charge is 0.160 e. The van der Waals surface area contributed by atoms with Crippen LogP contribution in [-0.4, -0.2) is 15.0 Å². The Morgan fingerprint density at radius 2 is 0.891 bits per heavy atom. The summed E-state index contributed by atoms with van der Waals surface area (Å²) in [5.74, 6) is 0.717. The summed E-state index contributed by atoms with van der Waals surface area (Å²) in [4.78, 5) is 15.8. The molecule has 55 heavy (non-hydrogen) atoms. The highest BCUT2D eigenvalue weighted by atomic mass is 32.1. The van der Waals surface area contributed by atoms with E-state index >= 15 is 0 Å². The van der Waals surface area contributed by atoms with Gasteiger partial charge in [-0.05, 0) is 30.7 Å². The summed E-state index contributed by atoms with van der Waals surface area (Å²) in [6.45, 7) is 2.13. The van der Waals surface area contributed by atoms with E-state index in [0.29, 0.717) is 5.82 Å². The SMILES string of the molecule is Cc1c(-c2ccccc2)nc(-c2ccccc2)nc1-c1ccc(-c2nc3cccc(-c4cccc5c4sc4ccccc45)c3c3sc4ccccc4c23)cc1. The zero-order chi connectivity index (χ0) is 36.5. The minimum Gasteiger partial charge on any atom is -0.247 e. The van der Waals surface area contributed by atoms with Crippen LogP contribution in [0.1, 0.15) is 5.56 Å². The highest BCUT2D eigenvalue weighted by molar-refractivity contribution is 7.27. The lowest BCUT2D eigenvalue weighted by molar-refractivity contribution is 1.15. The Morgan fingerprint density at radius 1 is 0.364 bits per heavy atom. The van der Waals surface area contributed by atoms with E-state index in [-0.39, 0.29) is 0 Å². The van der Waals surface area contributed by atoms with Crippen molar-refractivity contribution in [2.75, 3.05) is 0 Å². The van der Waals surface area contributed by atoms with Gasteiger partial charge in [0.1, 0.15) is 0 Å². The molecule has 0 radical (unpaired) electrons. The Labute approximate surface area is 325 Å². The van der Waals surface area contributed by atoms with Crippen LogP contribution in [0.4, 0.5) is 0 Å². The first kappa shape index (κ1) is 31.9. The molecular formula is C50H31N3S2. The predicted molar refractivity (Wildman–Crippen MR) is 235 cm³/mol. The van der Waals surface area contributed by atoms with E-state index in [1.165, 1.54) is 56.9 Å². The third-order valence-electron chi connectivity index (χ3n) is 10.7. The molecule has 0 aliphatic carbocycles. The van der Waals surface area contributed by atoms with Gasteiger partial charge in [-0.3, -0.25) is 0 Å². The van der Waals surface area contributed by atoms with Gasteiger partial charge in [0, 0.05) is 79.1 Å². The van der Waals surface area contributed by atoms with Crippen LogP contribution in [0.2, 0.25) is 0 Å². The third-order valence-corrected chi connectivity index (χ3v) is 13.1. The molecule has 11 aromatic rings. The topological polar surface area (TPSA) is 38.7 Å². The largest absolute Gasteiger partial charge is 0.247 e. The molecule has 0 unspecified atom stereocenters. The minimum absolute atomic E-state index is 0.717. The first-order chi connectivity index (χ1) is 27.2. The van der Waals surface area contributed by atoms with Crippen molar-refractivity contribution in [2.45, 2.75) is 6.92 Å². The molecule has 0 aliphatic heterocycles. The molecule has 3 nitrogen and oxygen atoms in total. The van der Waals surface area contributed by atoms with Crippen molar-refractivity contribution in [1.29, 1.82) is 0 Å². The van der Waals surface area contributed by atoms with Crippen LogP contribution in [0, 0.1) is 6.92 Å². The molecule has 0 aliphatic rings. The molecule has 11 rings (SSSR count). The van der Waals surface area contributed by atoms with Gasteiger partial charge in [-0.25, -0.2) is 15.0 Å². The van der Waals surface area contributed by atoms with Crippen molar-refractivity contribution < 1.29 is 0 Å². The Kier molecular flexibility index (Phi) is 7.44. The fourth-order valence-electron chi connectivity index (χ4n) is 8.07. The molecule has 258 valence electrons. The number of benzene rings is 7. The summed E-state index contributed by atoms with van der Waals surface area (Å²) in [6.07, 6.45) is 0. The first-order valence-corrected chi connectivity index (χ1v) is 20.1. The van der Waals surface area contributed by atoms with Crippen LogP contribution in [0.15, 0.2) is 170 Å². The van der Waals surface area contributed by atoms with Crippen LogP contribution in [0.25, 0.3) is 108 Å². The van der Waals surface area contributed by atoms with Gasteiger partial charge in [0.05, 0.1) is 22.6 Å². The second-order valence-electron chi connectivity index (χ2n) is 13.9. The number of nitrogens with zero attached hydrogens (tertiary/aromatic N) is 3. The van der Waals surface area contributed by atoms with Crippen molar-refractivity contribution >= 4 is 73.9 Å². The van der Waals surface area contributed by atoms with Crippen molar-refractivity contribution in [2.24, 2.45) is 0 Å². The molecule has 0 fully saturated rings. The average Bonchev–Trinajstić information content (AvgIpc) is 3.83. The normalized spacial score (nSPS) is 11.7. The van der Waals surface area contributed by atoms with Crippen molar-refractivity contribution in [3.8, 4) is 56.3 Å². The maximum Gasteiger partial charge on any atom is 0.160 e. The summed E-state index contributed by atoms with van der Waals surface area (Å²) in [5.41, 5.74) is 11.6. The van der Waals surface area contributed by atoms with E-state index in [1.54, 1.807) is 0 Å². The van der Waals surface area contributed by atoms with Crippen LogP contribution < -0.4 is 0 Å². The number of aromatic nitrogens is 3. The Hall–Kier alpha value is -6.53. The highest BCUT2D eigenvalue weighted by Crippen LogP contribution is 2.48. The van der Waals surface area contributed by atoms with Crippen LogP contribution >= 0.6 is 22.7 Å². The van der Waals surface area contributed by atoms with Crippen molar-refractivity contribution in [3.05, 3.63) is 175 Å². The van der Waals surface area contributed by atoms with Crippen molar-refractivity contribution in [3.63, 3.8) is 0 Å². The molecule has 0 spiro atoms. The molecular weight excluding hydrogens is 707 g/mol. The summed E-state index contributed by atoms with van der Waals surface area (Å²) >= 11 is 3.74. The molecule has 0 amide bonds. The number of hydrogen-bond acceptors (Lipinski definition) is 5. The van der Waals surface area contributed by atoms with E-state index in [4.69, 9.17) is 15.0 Å². The Morgan fingerprint density at radius 3 is 1.62 bits per heavy atom. The molecule has 0 saturated heterocycles. The lowest BCUT2D eigenvalue weighted by atomic mass is 9.95. The second-order valence-corrected chi connectivity index (χ2v) is 16.0. The maximum absolute atomic E-state index is 5.52. The van der Waals surface area contributed by atoms with E-state index in [0.717, 1.165) is 50.4 Å². The van der Waals surface area contributed by atoms with E-state index in [9.17, 15) is 0 Å². The monoisotopic (exact) mass is 737 g/mol. The summed E-state index contributed by atoms with van der Waals surface area (Å²) in [7, 11) is 0. The number of thiophene rings is 2. The van der Waals surface area contributed by atoms with Crippen LogP contribution in [0.5, 0.6) is 0 Å². The fraction of sp³-hybridized carbons (Fsp3) is 0.0200. The zero-order valence-corrected chi connectivity index (χ0v) is 31.5.